The lowest BCUT2D eigenvalue weighted by molar-refractivity contribution is 0.390. The van der Waals surface area contributed by atoms with E-state index >= 15 is 0 Å². The third-order valence-corrected chi connectivity index (χ3v) is 8.75. The van der Waals surface area contributed by atoms with Crippen molar-refractivity contribution in [1.82, 2.24) is 8.54 Å². The Bertz CT molecular complexity index is 1710. The molecule has 2 heterocycles. The van der Waals surface area contributed by atoms with Crippen molar-refractivity contribution in [2.24, 2.45) is 0 Å². The maximum absolute atomic E-state index is 14.0. The Balaban J connectivity index is 1.62. The number of anilines is 1. The van der Waals surface area contributed by atoms with Crippen molar-refractivity contribution in [3.05, 3.63) is 120 Å². The van der Waals surface area contributed by atoms with Gasteiger partial charge >= 0.3 is 0 Å². The zero-order chi connectivity index (χ0) is 28.3. The summed E-state index contributed by atoms with van der Waals surface area (Å²) < 4.78 is 42.5. The molecule has 5 aromatic rings. The fraction of sp³-hybridized carbons (Fsp3) is 0.188. The zero-order valence-electron chi connectivity index (χ0n) is 23.1. The van der Waals surface area contributed by atoms with Crippen LogP contribution < -0.4 is 14.4 Å². The van der Waals surface area contributed by atoms with Crippen LogP contribution in [0.1, 0.15) is 16.8 Å². The summed E-state index contributed by atoms with van der Waals surface area (Å²) in [6.45, 7) is 3.15. The first-order valence-electron chi connectivity index (χ1n) is 13.0. The van der Waals surface area contributed by atoms with Crippen LogP contribution in [0.25, 0.3) is 11.4 Å². The Morgan fingerprint density at radius 1 is 0.800 bits per heavy atom. The van der Waals surface area contributed by atoms with Crippen molar-refractivity contribution < 1.29 is 17.9 Å². The molecule has 0 unspecified atom stereocenters. The number of ether oxygens (including phenoxy) is 2. The van der Waals surface area contributed by atoms with Gasteiger partial charge in [-0.15, -0.1) is 0 Å². The van der Waals surface area contributed by atoms with Crippen LogP contribution in [-0.4, -0.2) is 38.2 Å². The highest BCUT2D eigenvalue weighted by Crippen LogP contribution is 2.34. The molecule has 0 saturated heterocycles. The van der Waals surface area contributed by atoms with Gasteiger partial charge in [0.15, 0.2) is 0 Å². The van der Waals surface area contributed by atoms with Crippen molar-refractivity contribution in [3.8, 4) is 22.9 Å². The Labute approximate surface area is 235 Å². The molecule has 0 amide bonds. The summed E-state index contributed by atoms with van der Waals surface area (Å²) >= 11 is 0. The molecule has 3 aromatic carbocycles. The van der Waals surface area contributed by atoms with Gasteiger partial charge in [-0.3, -0.25) is 0 Å². The SMILES string of the molecule is COc1ccc(Cn2c(C)ccc2-c2cc(N(C)Cc3ccccc3)cn2S(=O)(=O)c2ccccc2)c(OC)c1. The maximum atomic E-state index is 14.0. The number of methoxy groups -OCH3 is 2. The number of aromatic nitrogens is 2. The maximum Gasteiger partial charge on any atom is 0.268 e. The van der Waals surface area contributed by atoms with Gasteiger partial charge < -0.3 is 18.9 Å². The van der Waals surface area contributed by atoms with Gasteiger partial charge in [-0.25, -0.2) is 12.4 Å². The summed E-state index contributed by atoms with van der Waals surface area (Å²) in [7, 11) is 1.35. The Morgan fingerprint density at radius 2 is 1.50 bits per heavy atom. The molecule has 0 atom stereocenters. The normalized spacial score (nSPS) is 11.4. The fourth-order valence-corrected chi connectivity index (χ4v) is 6.22. The van der Waals surface area contributed by atoms with E-state index in [1.54, 1.807) is 44.7 Å². The van der Waals surface area contributed by atoms with Gasteiger partial charge in [0, 0.05) is 37.1 Å². The topological polar surface area (TPSA) is 65.7 Å². The van der Waals surface area contributed by atoms with Crippen LogP contribution in [-0.2, 0) is 23.1 Å². The molecule has 206 valence electrons. The molecule has 0 aliphatic heterocycles. The standard InChI is InChI=1S/C32H33N3O4S/c1-24-15-18-30(34(24)22-26-16-17-28(38-3)20-32(26)39-4)31-19-27(33(2)21-25-11-7-5-8-12-25)23-35(31)40(36,37)29-13-9-6-10-14-29/h5-20,23H,21-22H2,1-4H3. The van der Waals surface area contributed by atoms with Gasteiger partial charge in [0.05, 0.1) is 42.7 Å². The van der Waals surface area contributed by atoms with E-state index in [9.17, 15) is 8.42 Å². The second-order valence-electron chi connectivity index (χ2n) is 9.66. The van der Waals surface area contributed by atoms with E-state index in [4.69, 9.17) is 9.47 Å². The van der Waals surface area contributed by atoms with Gasteiger partial charge in [-0.1, -0.05) is 48.5 Å². The molecular formula is C32H33N3O4S. The molecule has 8 heteroatoms. The third kappa shape index (κ3) is 5.35. The molecule has 0 fully saturated rings. The lowest BCUT2D eigenvalue weighted by Gasteiger charge is -2.17. The zero-order valence-corrected chi connectivity index (χ0v) is 23.9. The molecule has 0 bridgehead atoms. The Morgan fingerprint density at radius 3 is 2.17 bits per heavy atom. The predicted molar refractivity (Wildman–Crippen MR) is 159 cm³/mol. The van der Waals surface area contributed by atoms with E-state index in [-0.39, 0.29) is 4.90 Å². The lowest BCUT2D eigenvalue weighted by Crippen LogP contribution is -2.16. The van der Waals surface area contributed by atoms with Crippen LogP contribution in [0.4, 0.5) is 5.69 Å². The second-order valence-corrected chi connectivity index (χ2v) is 11.5. The molecule has 2 aromatic heterocycles. The monoisotopic (exact) mass is 555 g/mol. The smallest absolute Gasteiger partial charge is 0.268 e. The lowest BCUT2D eigenvalue weighted by atomic mass is 10.1. The highest BCUT2D eigenvalue weighted by molar-refractivity contribution is 7.90. The number of benzene rings is 3. The van der Waals surface area contributed by atoms with Gasteiger partial charge in [0.25, 0.3) is 10.0 Å². The van der Waals surface area contributed by atoms with E-state index in [2.05, 4.69) is 21.6 Å². The first-order chi connectivity index (χ1) is 19.3. The number of hydrogen-bond acceptors (Lipinski definition) is 5. The minimum atomic E-state index is -3.87. The average Bonchev–Trinajstić information content (AvgIpc) is 3.58. The summed E-state index contributed by atoms with van der Waals surface area (Å²) in [5.41, 5.74) is 5.25. The van der Waals surface area contributed by atoms with Crippen molar-refractivity contribution in [3.63, 3.8) is 0 Å². The highest BCUT2D eigenvalue weighted by Gasteiger charge is 2.25. The molecule has 0 aliphatic carbocycles. The quantitative estimate of drug-likeness (QED) is 0.205. The first kappa shape index (κ1) is 27.1. The first-order valence-corrected chi connectivity index (χ1v) is 14.4. The summed E-state index contributed by atoms with van der Waals surface area (Å²) in [5.74, 6) is 1.41. The van der Waals surface area contributed by atoms with E-state index in [1.165, 1.54) is 3.97 Å². The predicted octanol–water partition coefficient (Wildman–Crippen LogP) is 6.20. The molecule has 7 nitrogen and oxygen atoms in total. The van der Waals surface area contributed by atoms with Crippen LogP contribution >= 0.6 is 0 Å². The Hall–Kier alpha value is -4.43. The van der Waals surface area contributed by atoms with Crippen LogP contribution in [0, 0.1) is 6.92 Å². The molecule has 0 saturated carbocycles. The van der Waals surface area contributed by atoms with Gasteiger partial charge in [0.1, 0.15) is 11.5 Å². The number of hydrogen-bond donors (Lipinski definition) is 0. The van der Waals surface area contributed by atoms with Gasteiger partial charge in [-0.2, -0.15) is 0 Å². The Kier molecular flexibility index (Phi) is 7.71. The molecule has 0 aliphatic rings. The minimum absolute atomic E-state index is 0.232. The molecule has 0 radical (unpaired) electrons. The van der Waals surface area contributed by atoms with Crippen molar-refractivity contribution in [2.75, 3.05) is 26.2 Å². The number of nitrogens with zero attached hydrogens (tertiary/aromatic N) is 3. The fourth-order valence-electron chi connectivity index (χ4n) is 4.84. The largest absolute Gasteiger partial charge is 0.497 e. The summed E-state index contributed by atoms with van der Waals surface area (Å²) in [6, 6.07) is 30.3. The van der Waals surface area contributed by atoms with Crippen molar-refractivity contribution in [2.45, 2.75) is 24.9 Å². The van der Waals surface area contributed by atoms with Crippen LogP contribution in [0.15, 0.2) is 108 Å². The van der Waals surface area contributed by atoms with Gasteiger partial charge in [0.2, 0.25) is 0 Å². The molecule has 0 spiro atoms. The van der Waals surface area contributed by atoms with Crippen LogP contribution in [0.5, 0.6) is 11.5 Å². The van der Waals surface area contributed by atoms with Crippen molar-refractivity contribution >= 4 is 15.7 Å². The van der Waals surface area contributed by atoms with Crippen molar-refractivity contribution in [1.29, 1.82) is 0 Å². The molecule has 5 rings (SSSR count). The molecular weight excluding hydrogens is 522 g/mol. The molecule has 0 N–H and O–H groups in total. The van der Waals surface area contributed by atoms with Crippen LogP contribution in [0.2, 0.25) is 0 Å². The summed E-state index contributed by atoms with van der Waals surface area (Å²) in [6.07, 6.45) is 1.71. The highest BCUT2D eigenvalue weighted by atomic mass is 32.2. The summed E-state index contributed by atoms with van der Waals surface area (Å²) in [4.78, 5) is 2.29. The van der Waals surface area contributed by atoms with E-state index in [1.807, 2.05) is 74.6 Å². The average molecular weight is 556 g/mol. The van der Waals surface area contributed by atoms with E-state index in [0.29, 0.717) is 30.3 Å². The minimum Gasteiger partial charge on any atom is -0.497 e. The van der Waals surface area contributed by atoms with E-state index < -0.39 is 10.0 Å². The number of rotatable bonds is 10. The van der Waals surface area contributed by atoms with Crippen LogP contribution in [0.3, 0.4) is 0 Å². The molecule has 40 heavy (non-hydrogen) atoms. The third-order valence-electron chi connectivity index (χ3n) is 7.06. The summed E-state index contributed by atoms with van der Waals surface area (Å²) in [5, 5.41) is 0. The number of aryl methyl sites for hydroxylation is 1. The second kappa shape index (κ2) is 11.4. The van der Waals surface area contributed by atoms with E-state index in [0.717, 1.165) is 28.2 Å². The van der Waals surface area contributed by atoms with Gasteiger partial charge in [-0.05, 0) is 55.0 Å².